The first-order valence-corrected chi connectivity index (χ1v) is 6.64. The predicted octanol–water partition coefficient (Wildman–Crippen LogP) is 2.70. The molecule has 1 aromatic rings. The molecule has 0 spiro atoms. The zero-order valence-electron chi connectivity index (χ0n) is 10.7. The molecule has 0 fully saturated rings. The van der Waals surface area contributed by atoms with Crippen molar-refractivity contribution in [2.75, 3.05) is 20.2 Å². The quantitative estimate of drug-likeness (QED) is 0.849. The van der Waals surface area contributed by atoms with Gasteiger partial charge in [0, 0.05) is 17.1 Å². The maximum Gasteiger partial charge on any atom is 0.119 e. The summed E-state index contributed by atoms with van der Waals surface area (Å²) < 4.78 is 6.30. The molecule has 0 bridgehead atoms. The first-order valence-electron chi connectivity index (χ1n) is 5.85. The van der Waals surface area contributed by atoms with Crippen molar-refractivity contribution >= 4 is 15.9 Å². The number of ether oxygens (including phenoxy) is 1. The zero-order chi connectivity index (χ0) is 12.8. The largest absolute Gasteiger partial charge is 0.497 e. The standard InChI is InChI=1S/C13H21BrN2O/c1-9(2)8-16-13(7-15)11-6-10(17-3)4-5-12(11)14/h4-6,9,13,16H,7-8,15H2,1-3H3. The minimum atomic E-state index is 0.155. The lowest BCUT2D eigenvalue weighted by molar-refractivity contribution is 0.412. The summed E-state index contributed by atoms with van der Waals surface area (Å²) in [5, 5.41) is 3.47. The van der Waals surface area contributed by atoms with Gasteiger partial charge in [-0.15, -0.1) is 0 Å². The van der Waals surface area contributed by atoms with Gasteiger partial charge in [-0.1, -0.05) is 29.8 Å². The van der Waals surface area contributed by atoms with Crippen LogP contribution >= 0.6 is 15.9 Å². The van der Waals surface area contributed by atoms with Gasteiger partial charge in [0.1, 0.15) is 5.75 Å². The van der Waals surface area contributed by atoms with Gasteiger partial charge in [0.05, 0.1) is 7.11 Å². The molecular formula is C13H21BrN2O. The van der Waals surface area contributed by atoms with Crippen molar-refractivity contribution in [2.45, 2.75) is 19.9 Å². The summed E-state index contributed by atoms with van der Waals surface area (Å²) in [6, 6.07) is 6.11. The summed E-state index contributed by atoms with van der Waals surface area (Å²) in [6.45, 7) is 5.88. The maximum absolute atomic E-state index is 5.83. The van der Waals surface area contributed by atoms with Crippen LogP contribution in [0.1, 0.15) is 25.5 Å². The van der Waals surface area contributed by atoms with Crippen LogP contribution in [0.3, 0.4) is 0 Å². The van der Waals surface area contributed by atoms with Crippen molar-refractivity contribution in [3.8, 4) is 5.75 Å². The highest BCUT2D eigenvalue weighted by atomic mass is 79.9. The minimum Gasteiger partial charge on any atom is -0.497 e. The third-order valence-electron chi connectivity index (χ3n) is 2.59. The Morgan fingerprint density at radius 3 is 2.65 bits per heavy atom. The van der Waals surface area contributed by atoms with Crippen LogP contribution in [0.15, 0.2) is 22.7 Å². The summed E-state index contributed by atoms with van der Waals surface area (Å²) in [5.74, 6) is 1.46. The van der Waals surface area contributed by atoms with Crippen molar-refractivity contribution in [3.63, 3.8) is 0 Å². The van der Waals surface area contributed by atoms with E-state index in [0.29, 0.717) is 12.5 Å². The van der Waals surface area contributed by atoms with Crippen LogP contribution in [0.2, 0.25) is 0 Å². The molecular weight excluding hydrogens is 280 g/mol. The molecule has 96 valence electrons. The van der Waals surface area contributed by atoms with Crippen LogP contribution in [-0.4, -0.2) is 20.2 Å². The molecule has 1 unspecified atom stereocenters. The van der Waals surface area contributed by atoms with Crippen LogP contribution in [-0.2, 0) is 0 Å². The monoisotopic (exact) mass is 300 g/mol. The van der Waals surface area contributed by atoms with Gasteiger partial charge in [0.2, 0.25) is 0 Å². The second-order valence-electron chi connectivity index (χ2n) is 4.48. The Labute approximate surface area is 112 Å². The lowest BCUT2D eigenvalue weighted by atomic mass is 10.1. The van der Waals surface area contributed by atoms with Gasteiger partial charge < -0.3 is 15.8 Å². The van der Waals surface area contributed by atoms with Crippen LogP contribution in [0.4, 0.5) is 0 Å². The molecule has 1 atom stereocenters. The van der Waals surface area contributed by atoms with E-state index in [4.69, 9.17) is 10.5 Å². The molecule has 0 heterocycles. The van der Waals surface area contributed by atoms with Crippen LogP contribution in [0.25, 0.3) is 0 Å². The second-order valence-corrected chi connectivity index (χ2v) is 5.33. The average molecular weight is 301 g/mol. The Morgan fingerprint density at radius 2 is 2.12 bits per heavy atom. The molecule has 4 heteroatoms. The lowest BCUT2D eigenvalue weighted by Gasteiger charge is -2.20. The fourth-order valence-corrected chi connectivity index (χ4v) is 2.14. The number of rotatable bonds is 6. The molecule has 0 aliphatic rings. The topological polar surface area (TPSA) is 47.3 Å². The van der Waals surface area contributed by atoms with Crippen LogP contribution in [0, 0.1) is 5.92 Å². The van der Waals surface area contributed by atoms with Crippen LogP contribution < -0.4 is 15.8 Å². The lowest BCUT2D eigenvalue weighted by Crippen LogP contribution is -2.31. The molecule has 0 radical (unpaired) electrons. The van der Waals surface area contributed by atoms with Gasteiger partial charge in [-0.25, -0.2) is 0 Å². The fraction of sp³-hybridized carbons (Fsp3) is 0.538. The molecule has 0 saturated heterocycles. The van der Waals surface area contributed by atoms with E-state index in [0.717, 1.165) is 22.3 Å². The Hall–Kier alpha value is -0.580. The van der Waals surface area contributed by atoms with E-state index in [9.17, 15) is 0 Å². The van der Waals surface area contributed by atoms with Crippen molar-refractivity contribution in [1.29, 1.82) is 0 Å². The highest BCUT2D eigenvalue weighted by molar-refractivity contribution is 9.10. The highest BCUT2D eigenvalue weighted by Gasteiger charge is 2.13. The molecule has 3 N–H and O–H groups in total. The molecule has 0 saturated carbocycles. The summed E-state index contributed by atoms with van der Waals surface area (Å²) >= 11 is 3.56. The first-order chi connectivity index (χ1) is 8.08. The summed E-state index contributed by atoms with van der Waals surface area (Å²) in [4.78, 5) is 0. The van der Waals surface area contributed by atoms with Gasteiger partial charge in [0.25, 0.3) is 0 Å². The van der Waals surface area contributed by atoms with Crippen molar-refractivity contribution in [3.05, 3.63) is 28.2 Å². The van der Waals surface area contributed by atoms with Gasteiger partial charge in [-0.3, -0.25) is 0 Å². The number of hydrogen-bond donors (Lipinski definition) is 2. The van der Waals surface area contributed by atoms with Crippen molar-refractivity contribution in [2.24, 2.45) is 11.7 Å². The van der Waals surface area contributed by atoms with Crippen molar-refractivity contribution < 1.29 is 4.74 Å². The minimum absolute atomic E-state index is 0.155. The molecule has 0 aliphatic carbocycles. The van der Waals surface area contributed by atoms with E-state index in [2.05, 4.69) is 35.1 Å². The maximum atomic E-state index is 5.83. The second kappa shape index (κ2) is 6.99. The molecule has 0 aliphatic heterocycles. The smallest absolute Gasteiger partial charge is 0.119 e. The first kappa shape index (κ1) is 14.5. The predicted molar refractivity (Wildman–Crippen MR) is 75.3 cm³/mol. The number of methoxy groups -OCH3 is 1. The van der Waals surface area contributed by atoms with Gasteiger partial charge in [0.15, 0.2) is 0 Å². The summed E-state index contributed by atoms with van der Waals surface area (Å²) in [7, 11) is 1.67. The average Bonchev–Trinajstić information content (AvgIpc) is 2.31. The van der Waals surface area contributed by atoms with E-state index in [1.165, 1.54) is 0 Å². The normalized spacial score (nSPS) is 12.8. The van der Waals surface area contributed by atoms with E-state index < -0.39 is 0 Å². The highest BCUT2D eigenvalue weighted by Crippen LogP contribution is 2.27. The molecule has 1 rings (SSSR count). The zero-order valence-corrected chi connectivity index (χ0v) is 12.3. The third kappa shape index (κ3) is 4.30. The Kier molecular flexibility index (Phi) is 5.95. The molecule has 17 heavy (non-hydrogen) atoms. The Bertz CT molecular complexity index is 355. The van der Waals surface area contributed by atoms with Crippen LogP contribution in [0.5, 0.6) is 5.75 Å². The van der Waals surface area contributed by atoms with E-state index in [1.807, 2.05) is 18.2 Å². The number of nitrogens with two attached hydrogens (primary N) is 1. The summed E-state index contributed by atoms with van der Waals surface area (Å²) in [6.07, 6.45) is 0. The molecule has 1 aromatic carbocycles. The van der Waals surface area contributed by atoms with E-state index in [1.54, 1.807) is 7.11 Å². The van der Waals surface area contributed by atoms with Gasteiger partial charge >= 0.3 is 0 Å². The van der Waals surface area contributed by atoms with Gasteiger partial charge in [-0.05, 0) is 36.2 Å². The van der Waals surface area contributed by atoms with E-state index in [-0.39, 0.29) is 6.04 Å². The van der Waals surface area contributed by atoms with E-state index >= 15 is 0 Å². The number of benzene rings is 1. The molecule has 3 nitrogen and oxygen atoms in total. The van der Waals surface area contributed by atoms with Crippen molar-refractivity contribution in [1.82, 2.24) is 5.32 Å². The number of hydrogen-bond acceptors (Lipinski definition) is 3. The molecule has 0 aromatic heterocycles. The number of halogens is 1. The fourth-order valence-electron chi connectivity index (χ4n) is 1.61. The summed E-state index contributed by atoms with van der Waals surface area (Å²) in [5.41, 5.74) is 6.97. The third-order valence-corrected chi connectivity index (χ3v) is 3.31. The SMILES string of the molecule is COc1ccc(Br)c(C(CN)NCC(C)C)c1. The Morgan fingerprint density at radius 1 is 1.41 bits per heavy atom. The number of nitrogens with one attached hydrogen (secondary N) is 1. The van der Waals surface area contributed by atoms with Gasteiger partial charge in [-0.2, -0.15) is 0 Å². The molecule has 0 amide bonds. The Balaban J connectivity index is 2.86.